The lowest BCUT2D eigenvalue weighted by molar-refractivity contribution is -0.130. The molecule has 7 nitrogen and oxygen atoms in total. The van der Waals surface area contributed by atoms with Crippen molar-refractivity contribution in [2.75, 3.05) is 45.2 Å². The zero-order valence-electron chi connectivity index (χ0n) is 18.7. The van der Waals surface area contributed by atoms with Gasteiger partial charge in [0.15, 0.2) is 11.5 Å². The van der Waals surface area contributed by atoms with Crippen LogP contribution in [-0.4, -0.2) is 61.5 Å². The van der Waals surface area contributed by atoms with E-state index in [-0.39, 0.29) is 24.9 Å². The Hall–Kier alpha value is -2.54. The van der Waals surface area contributed by atoms with Gasteiger partial charge in [0, 0.05) is 24.0 Å². The Kier molecular flexibility index (Phi) is 9.67. The zero-order chi connectivity index (χ0) is 21.9. The average Bonchev–Trinajstić information content (AvgIpc) is 2.71. The summed E-state index contributed by atoms with van der Waals surface area (Å²) in [7, 11) is 1.78. The quantitative estimate of drug-likeness (QED) is 0.595. The third-order valence-corrected chi connectivity index (χ3v) is 4.88. The van der Waals surface area contributed by atoms with Gasteiger partial charge in [-0.2, -0.15) is 0 Å². The van der Waals surface area contributed by atoms with Crippen LogP contribution < -0.4 is 14.8 Å². The maximum atomic E-state index is 12.7. The first-order chi connectivity index (χ1) is 14.5. The number of anilines is 1. The highest BCUT2D eigenvalue weighted by molar-refractivity contribution is 5.93. The molecule has 0 atom stereocenters. The monoisotopic (exact) mass is 417 g/mol. The Labute approximate surface area is 180 Å². The summed E-state index contributed by atoms with van der Waals surface area (Å²) in [6, 6.07) is 5.32. The molecule has 0 aliphatic heterocycles. The molecule has 1 aromatic carbocycles. The number of rotatable bonds is 11. The predicted octanol–water partition coefficient (Wildman–Crippen LogP) is 3.66. The highest BCUT2D eigenvalue weighted by Gasteiger charge is 2.20. The van der Waals surface area contributed by atoms with E-state index in [4.69, 9.17) is 9.47 Å². The van der Waals surface area contributed by atoms with Crippen molar-refractivity contribution < 1.29 is 19.1 Å². The second-order valence-corrected chi connectivity index (χ2v) is 7.33. The summed E-state index contributed by atoms with van der Waals surface area (Å²) in [4.78, 5) is 28.8. The van der Waals surface area contributed by atoms with Crippen LogP contribution in [0.15, 0.2) is 30.0 Å². The summed E-state index contributed by atoms with van der Waals surface area (Å²) in [6.45, 7) is 7.82. The van der Waals surface area contributed by atoms with Gasteiger partial charge in [0.25, 0.3) is 0 Å². The van der Waals surface area contributed by atoms with E-state index in [0.29, 0.717) is 36.9 Å². The van der Waals surface area contributed by atoms with Gasteiger partial charge in [0.2, 0.25) is 11.8 Å². The SMILES string of the molecule is CCOc1ccc(NC(=O)CN(C)CC(=O)N(CC)C2=CCCCC2)cc1OCC. The van der Waals surface area contributed by atoms with Gasteiger partial charge >= 0.3 is 0 Å². The van der Waals surface area contributed by atoms with Crippen molar-refractivity contribution in [2.45, 2.75) is 46.5 Å². The van der Waals surface area contributed by atoms with Crippen LogP contribution in [-0.2, 0) is 9.59 Å². The fraction of sp³-hybridized carbons (Fsp3) is 0.565. The van der Waals surface area contributed by atoms with E-state index < -0.39 is 0 Å². The van der Waals surface area contributed by atoms with Crippen molar-refractivity contribution in [1.29, 1.82) is 0 Å². The highest BCUT2D eigenvalue weighted by atomic mass is 16.5. The van der Waals surface area contributed by atoms with Crippen LogP contribution in [0.1, 0.15) is 46.5 Å². The minimum absolute atomic E-state index is 0.0284. The molecular weight excluding hydrogens is 382 g/mol. The number of nitrogens with one attached hydrogen (secondary N) is 1. The number of amides is 2. The summed E-state index contributed by atoms with van der Waals surface area (Å²) in [5, 5.41) is 2.87. The number of nitrogens with zero attached hydrogens (tertiary/aromatic N) is 2. The molecule has 0 saturated heterocycles. The molecule has 1 aromatic rings. The smallest absolute Gasteiger partial charge is 0.240 e. The van der Waals surface area contributed by atoms with Gasteiger partial charge in [0.1, 0.15) is 0 Å². The largest absolute Gasteiger partial charge is 0.490 e. The summed E-state index contributed by atoms with van der Waals surface area (Å²) in [6.07, 6.45) is 6.46. The van der Waals surface area contributed by atoms with Crippen molar-refractivity contribution in [1.82, 2.24) is 9.80 Å². The molecule has 0 heterocycles. The number of carbonyl (C=O) groups excluding carboxylic acids is 2. The van der Waals surface area contributed by atoms with Gasteiger partial charge in [-0.15, -0.1) is 0 Å². The normalized spacial score (nSPS) is 13.6. The molecule has 0 aromatic heterocycles. The van der Waals surface area contributed by atoms with Crippen molar-refractivity contribution in [2.24, 2.45) is 0 Å². The van der Waals surface area contributed by atoms with Crippen molar-refractivity contribution in [3.63, 3.8) is 0 Å². The molecule has 0 unspecified atom stereocenters. The van der Waals surface area contributed by atoms with Gasteiger partial charge in [-0.3, -0.25) is 14.5 Å². The van der Waals surface area contributed by atoms with E-state index in [9.17, 15) is 9.59 Å². The Balaban J connectivity index is 1.91. The van der Waals surface area contributed by atoms with Gasteiger partial charge in [-0.25, -0.2) is 0 Å². The number of hydrogen-bond acceptors (Lipinski definition) is 5. The van der Waals surface area contributed by atoms with Crippen molar-refractivity contribution in [3.05, 3.63) is 30.0 Å². The zero-order valence-corrected chi connectivity index (χ0v) is 18.7. The maximum Gasteiger partial charge on any atom is 0.240 e. The fourth-order valence-electron chi connectivity index (χ4n) is 3.55. The molecule has 0 radical (unpaired) electrons. The number of likely N-dealkylation sites (N-methyl/N-ethyl adjacent to an activating group) is 2. The van der Waals surface area contributed by atoms with Crippen LogP contribution >= 0.6 is 0 Å². The lowest BCUT2D eigenvalue weighted by Gasteiger charge is -2.28. The Morgan fingerprint density at radius 2 is 1.77 bits per heavy atom. The minimum atomic E-state index is -0.183. The number of carbonyl (C=O) groups is 2. The topological polar surface area (TPSA) is 71.1 Å². The van der Waals surface area contributed by atoms with Crippen LogP contribution in [0.2, 0.25) is 0 Å². The molecule has 0 saturated carbocycles. The second-order valence-electron chi connectivity index (χ2n) is 7.33. The van der Waals surface area contributed by atoms with E-state index in [1.54, 1.807) is 30.1 Å². The first kappa shape index (κ1) is 23.7. The third kappa shape index (κ3) is 7.06. The second kappa shape index (κ2) is 12.2. The van der Waals surface area contributed by atoms with Gasteiger partial charge in [-0.1, -0.05) is 6.08 Å². The molecule has 1 aliphatic rings. The van der Waals surface area contributed by atoms with Crippen LogP contribution in [0, 0.1) is 0 Å². The first-order valence-electron chi connectivity index (χ1n) is 10.9. The number of ether oxygens (including phenoxy) is 2. The molecule has 7 heteroatoms. The Morgan fingerprint density at radius 1 is 1.03 bits per heavy atom. The maximum absolute atomic E-state index is 12.7. The summed E-state index contributed by atoms with van der Waals surface area (Å²) in [5.74, 6) is 1.09. The van der Waals surface area contributed by atoms with Gasteiger partial charge in [0.05, 0.1) is 26.3 Å². The standard InChI is InChI=1S/C23H35N3O4/c1-5-26(19-11-9-8-10-12-19)23(28)17-25(4)16-22(27)24-18-13-14-20(29-6-2)21(15-18)30-7-3/h11,13-15H,5-10,12,16-17H2,1-4H3,(H,24,27). The first-order valence-corrected chi connectivity index (χ1v) is 10.9. The van der Waals surface area contributed by atoms with Crippen LogP contribution in [0.5, 0.6) is 11.5 Å². The molecule has 0 spiro atoms. The van der Waals surface area contributed by atoms with Gasteiger partial charge in [-0.05, 0) is 65.6 Å². The van der Waals surface area contributed by atoms with E-state index in [1.165, 1.54) is 6.42 Å². The third-order valence-electron chi connectivity index (χ3n) is 4.88. The lowest BCUT2D eigenvalue weighted by atomic mass is 10.0. The summed E-state index contributed by atoms with van der Waals surface area (Å²) < 4.78 is 11.1. The predicted molar refractivity (Wildman–Crippen MR) is 119 cm³/mol. The molecule has 0 fully saturated rings. The molecule has 30 heavy (non-hydrogen) atoms. The lowest BCUT2D eigenvalue weighted by Crippen LogP contribution is -2.41. The summed E-state index contributed by atoms with van der Waals surface area (Å²) in [5.41, 5.74) is 1.75. The molecule has 166 valence electrons. The van der Waals surface area contributed by atoms with E-state index >= 15 is 0 Å². The van der Waals surface area contributed by atoms with Crippen LogP contribution in [0.25, 0.3) is 0 Å². The average molecular weight is 418 g/mol. The van der Waals surface area contributed by atoms with E-state index in [1.807, 2.05) is 25.7 Å². The molecular formula is C23H35N3O4. The van der Waals surface area contributed by atoms with E-state index in [0.717, 1.165) is 25.0 Å². The summed E-state index contributed by atoms with van der Waals surface area (Å²) >= 11 is 0. The number of benzene rings is 1. The Morgan fingerprint density at radius 3 is 2.40 bits per heavy atom. The fourth-order valence-corrected chi connectivity index (χ4v) is 3.55. The van der Waals surface area contributed by atoms with Crippen molar-refractivity contribution in [3.8, 4) is 11.5 Å². The molecule has 0 bridgehead atoms. The van der Waals surface area contributed by atoms with E-state index in [2.05, 4.69) is 11.4 Å². The Bertz CT molecular complexity index is 748. The minimum Gasteiger partial charge on any atom is -0.490 e. The van der Waals surface area contributed by atoms with Crippen molar-refractivity contribution >= 4 is 17.5 Å². The molecule has 2 amide bonds. The van der Waals surface area contributed by atoms with Crippen LogP contribution in [0.4, 0.5) is 5.69 Å². The van der Waals surface area contributed by atoms with Gasteiger partial charge < -0.3 is 19.7 Å². The number of allylic oxidation sites excluding steroid dienone is 2. The molecule has 2 rings (SSSR count). The van der Waals surface area contributed by atoms with Crippen LogP contribution in [0.3, 0.4) is 0 Å². The molecule has 1 aliphatic carbocycles. The number of hydrogen-bond donors (Lipinski definition) is 1. The highest BCUT2D eigenvalue weighted by Crippen LogP contribution is 2.30. The molecule has 1 N–H and O–H groups in total.